The van der Waals surface area contributed by atoms with Gasteiger partial charge in [0.15, 0.2) is 5.43 Å². The maximum atomic E-state index is 11.9. The molecule has 2 rings (SSSR count). The first-order valence-corrected chi connectivity index (χ1v) is 6.30. The zero-order chi connectivity index (χ0) is 15.4. The van der Waals surface area contributed by atoms with Crippen molar-refractivity contribution in [2.45, 2.75) is 6.92 Å². The summed E-state index contributed by atoms with van der Waals surface area (Å²) in [5.74, 6) is -0.434. The Labute approximate surface area is 121 Å². The Balaban J connectivity index is 2.61. The average molecular weight is 285 g/mol. The summed E-state index contributed by atoms with van der Waals surface area (Å²) in [6.07, 6.45) is 3.84. The fourth-order valence-corrected chi connectivity index (χ4v) is 2.02. The third-order valence-electron chi connectivity index (χ3n) is 3.02. The molecule has 1 aromatic carbocycles. The van der Waals surface area contributed by atoms with E-state index in [1.54, 1.807) is 24.8 Å². The fraction of sp³-hybridized carbons (Fsp3) is 0.125. The third kappa shape index (κ3) is 3.20. The minimum atomic E-state index is -1.10. The minimum absolute atomic E-state index is 0.226. The molecule has 0 saturated heterocycles. The van der Waals surface area contributed by atoms with Crippen molar-refractivity contribution in [3.8, 4) is 11.4 Å². The van der Waals surface area contributed by atoms with Crippen LogP contribution in [-0.4, -0.2) is 22.8 Å². The number of rotatable bonds is 4. The van der Waals surface area contributed by atoms with Gasteiger partial charge in [-0.25, -0.2) is 4.79 Å². The van der Waals surface area contributed by atoms with Gasteiger partial charge in [-0.3, -0.25) is 4.79 Å². The zero-order valence-corrected chi connectivity index (χ0v) is 11.7. The van der Waals surface area contributed by atoms with Crippen molar-refractivity contribution >= 4 is 12.0 Å². The zero-order valence-electron chi connectivity index (χ0n) is 11.7. The van der Waals surface area contributed by atoms with Crippen LogP contribution in [0.1, 0.15) is 11.3 Å². The first kappa shape index (κ1) is 14.6. The summed E-state index contributed by atoms with van der Waals surface area (Å²) in [7, 11) is 1.57. The summed E-state index contributed by atoms with van der Waals surface area (Å²) >= 11 is 0. The van der Waals surface area contributed by atoms with Gasteiger partial charge in [0, 0.05) is 29.6 Å². The molecule has 0 amide bonds. The lowest BCUT2D eigenvalue weighted by Crippen LogP contribution is -2.12. The van der Waals surface area contributed by atoms with E-state index in [-0.39, 0.29) is 5.43 Å². The van der Waals surface area contributed by atoms with Crippen molar-refractivity contribution in [1.82, 2.24) is 4.57 Å². The highest BCUT2D eigenvalue weighted by Gasteiger charge is 2.08. The Hall–Kier alpha value is -2.82. The van der Waals surface area contributed by atoms with E-state index < -0.39 is 5.97 Å². The van der Waals surface area contributed by atoms with E-state index in [1.807, 2.05) is 24.3 Å². The highest BCUT2D eigenvalue weighted by molar-refractivity contribution is 5.85. The van der Waals surface area contributed by atoms with Crippen LogP contribution in [0.25, 0.3) is 11.8 Å². The second-order valence-corrected chi connectivity index (χ2v) is 4.45. The molecule has 1 N–H and O–H groups in total. The van der Waals surface area contributed by atoms with Gasteiger partial charge in [-0.1, -0.05) is 12.1 Å². The third-order valence-corrected chi connectivity index (χ3v) is 3.02. The number of benzene rings is 1. The Bertz CT molecular complexity index is 759. The second kappa shape index (κ2) is 6.09. The number of carboxylic acid groups (broad SMARTS) is 1. The number of hydrogen-bond donors (Lipinski definition) is 1. The van der Waals surface area contributed by atoms with Crippen molar-refractivity contribution in [1.29, 1.82) is 0 Å². The molecule has 0 fully saturated rings. The lowest BCUT2D eigenvalue weighted by molar-refractivity contribution is -0.131. The molecule has 0 unspecified atom stereocenters. The van der Waals surface area contributed by atoms with Gasteiger partial charge < -0.3 is 14.4 Å². The normalized spacial score (nSPS) is 10.8. The molecule has 0 aliphatic rings. The quantitative estimate of drug-likeness (QED) is 0.875. The molecular formula is C16H15NO4. The summed E-state index contributed by atoms with van der Waals surface area (Å²) in [6, 6.07) is 8.86. The Morgan fingerprint density at radius 2 is 2.05 bits per heavy atom. The van der Waals surface area contributed by atoms with Crippen LogP contribution >= 0.6 is 0 Å². The van der Waals surface area contributed by atoms with Gasteiger partial charge in [-0.15, -0.1) is 0 Å². The first-order chi connectivity index (χ1) is 10.0. The molecule has 0 spiro atoms. The highest BCUT2D eigenvalue weighted by Crippen LogP contribution is 2.23. The SMILES string of the molecule is COc1ccccc1-n1cc(/C=C/C(=O)O)c(=O)cc1C. The molecule has 1 heterocycles. The van der Waals surface area contributed by atoms with Gasteiger partial charge in [-0.05, 0) is 25.1 Å². The number of pyridine rings is 1. The molecule has 0 aliphatic carbocycles. The minimum Gasteiger partial charge on any atom is -0.495 e. The van der Waals surface area contributed by atoms with Crippen LogP contribution in [0.4, 0.5) is 0 Å². The molecule has 21 heavy (non-hydrogen) atoms. The van der Waals surface area contributed by atoms with Crippen molar-refractivity contribution in [3.63, 3.8) is 0 Å². The summed E-state index contributed by atoms with van der Waals surface area (Å²) in [5.41, 5.74) is 1.59. The number of para-hydroxylation sites is 2. The van der Waals surface area contributed by atoms with Crippen LogP contribution < -0.4 is 10.2 Å². The van der Waals surface area contributed by atoms with E-state index in [2.05, 4.69) is 0 Å². The molecule has 1 aromatic heterocycles. The van der Waals surface area contributed by atoms with Gasteiger partial charge in [-0.2, -0.15) is 0 Å². The van der Waals surface area contributed by atoms with Gasteiger partial charge in [0.2, 0.25) is 0 Å². The summed E-state index contributed by atoms with van der Waals surface area (Å²) < 4.78 is 7.11. The molecule has 5 heteroatoms. The number of aryl methyl sites for hydroxylation is 1. The van der Waals surface area contributed by atoms with Crippen LogP contribution in [0, 0.1) is 6.92 Å². The number of nitrogens with zero attached hydrogens (tertiary/aromatic N) is 1. The molecule has 0 aliphatic heterocycles. The largest absolute Gasteiger partial charge is 0.495 e. The van der Waals surface area contributed by atoms with Gasteiger partial charge >= 0.3 is 5.97 Å². The van der Waals surface area contributed by atoms with Crippen molar-refractivity contribution in [3.05, 3.63) is 64.1 Å². The lowest BCUT2D eigenvalue weighted by Gasteiger charge is -2.14. The van der Waals surface area contributed by atoms with Crippen molar-refractivity contribution in [2.24, 2.45) is 0 Å². The maximum absolute atomic E-state index is 11.9. The second-order valence-electron chi connectivity index (χ2n) is 4.45. The first-order valence-electron chi connectivity index (χ1n) is 6.30. The number of hydrogen-bond acceptors (Lipinski definition) is 3. The van der Waals surface area contributed by atoms with Crippen LogP contribution in [-0.2, 0) is 4.79 Å². The van der Waals surface area contributed by atoms with E-state index in [9.17, 15) is 9.59 Å². The fourth-order valence-electron chi connectivity index (χ4n) is 2.02. The van der Waals surface area contributed by atoms with Gasteiger partial charge in [0.05, 0.1) is 12.8 Å². The number of carboxylic acids is 1. The number of aromatic nitrogens is 1. The lowest BCUT2D eigenvalue weighted by atomic mass is 10.2. The monoisotopic (exact) mass is 285 g/mol. The molecule has 5 nitrogen and oxygen atoms in total. The van der Waals surface area contributed by atoms with Gasteiger partial charge in [0.1, 0.15) is 5.75 Å². The van der Waals surface area contributed by atoms with Crippen LogP contribution in [0.3, 0.4) is 0 Å². The number of carbonyl (C=O) groups is 1. The smallest absolute Gasteiger partial charge is 0.328 e. The molecule has 0 saturated carbocycles. The average Bonchev–Trinajstić information content (AvgIpc) is 2.46. The predicted octanol–water partition coefficient (Wildman–Crippen LogP) is 2.25. The van der Waals surface area contributed by atoms with E-state index >= 15 is 0 Å². The number of methoxy groups -OCH3 is 1. The number of aliphatic carboxylic acids is 1. The Kier molecular flexibility index (Phi) is 4.23. The Morgan fingerprint density at radius 1 is 1.33 bits per heavy atom. The molecular weight excluding hydrogens is 270 g/mol. The molecule has 0 atom stereocenters. The van der Waals surface area contributed by atoms with E-state index in [0.29, 0.717) is 11.3 Å². The van der Waals surface area contributed by atoms with E-state index in [0.717, 1.165) is 17.5 Å². The molecule has 0 bridgehead atoms. The van der Waals surface area contributed by atoms with E-state index in [4.69, 9.17) is 9.84 Å². The summed E-state index contributed by atoms with van der Waals surface area (Å²) in [5, 5.41) is 8.67. The van der Waals surface area contributed by atoms with Crippen molar-refractivity contribution < 1.29 is 14.6 Å². The van der Waals surface area contributed by atoms with Gasteiger partial charge in [0.25, 0.3) is 0 Å². The standard InChI is InChI=1S/C16H15NO4/c1-11-9-14(18)12(7-8-16(19)20)10-17(11)13-5-3-4-6-15(13)21-2/h3-10H,1-2H3,(H,19,20)/b8-7+. The maximum Gasteiger partial charge on any atom is 0.328 e. The predicted molar refractivity (Wildman–Crippen MR) is 80.0 cm³/mol. The topological polar surface area (TPSA) is 68.5 Å². The summed E-state index contributed by atoms with van der Waals surface area (Å²) in [6.45, 7) is 1.80. The Morgan fingerprint density at radius 3 is 2.71 bits per heavy atom. The highest BCUT2D eigenvalue weighted by atomic mass is 16.5. The molecule has 2 aromatic rings. The van der Waals surface area contributed by atoms with E-state index in [1.165, 1.54) is 12.1 Å². The number of ether oxygens (including phenoxy) is 1. The molecule has 108 valence electrons. The van der Waals surface area contributed by atoms with Crippen molar-refractivity contribution in [2.75, 3.05) is 7.11 Å². The summed E-state index contributed by atoms with van der Waals surface area (Å²) in [4.78, 5) is 22.5. The molecule has 0 radical (unpaired) electrons. The van der Waals surface area contributed by atoms with Crippen LogP contribution in [0.15, 0.2) is 47.4 Å². The van der Waals surface area contributed by atoms with Crippen LogP contribution in [0.2, 0.25) is 0 Å². The van der Waals surface area contributed by atoms with Crippen LogP contribution in [0.5, 0.6) is 5.75 Å².